The second kappa shape index (κ2) is 8.19. The lowest BCUT2D eigenvalue weighted by atomic mass is 9.80. The Kier molecular flexibility index (Phi) is 5.98. The summed E-state index contributed by atoms with van der Waals surface area (Å²) in [5.74, 6) is 0.223. The molecule has 2 saturated heterocycles. The van der Waals surface area contributed by atoms with Crippen molar-refractivity contribution >= 4 is 11.9 Å². The van der Waals surface area contributed by atoms with Gasteiger partial charge in [-0.15, -0.1) is 0 Å². The zero-order chi connectivity index (χ0) is 16.9. The number of piperidine rings is 1. The van der Waals surface area contributed by atoms with Gasteiger partial charge in [0, 0.05) is 31.6 Å². The minimum absolute atomic E-state index is 0.0245. The molecule has 2 heterocycles. The van der Waals surface area contributed by atoms with Crippen molar-refractivity contribution in [3.8, 4) is 0 Å². The van der Waals surface area contributed by atoms with Crippen LogP contribution in [0.5, 0.6) is 0 Å². The van der Waals surface area contributed by atoms with E-state index in [4.69, 9.17) is 0 Å². The van der Waals surface area contributed by atoms with Crippen molar-refractivity contribution < 1.29 is 14.7 Å². The minimum Gasteiger partial charge on any atom is -0.393 e. The summed E-state index contributed by atoms with van der Waals surface area (Å²) in [5.41, 5.74) is 0. The molecule has 3 amide bonds. The number of amides is 3. The first-order chi connectivity index (χ1) is 11.7. The summed E-state index contributed by atoms with van der Waals surface area (Å²) in [6.45, 7) is 2.46. The predicted octanol–water partition coefficient (Wildman–Crippen LogP) is 1.72. The Balaban J connectivity index is 1.50. The lowest BCUT2D eigenvalue weighted by Crippen LogP contribution is -2.51. The smallest absolute Gasteiger partial charge is 0.318 e. The van der Waals surface area contributed by atoms with Crippen molar-refractivity contribution in [2.24, 2.45) is 5.92 Å². The summed E-state index contributed by atoms with van der Waals surface area (Å²) in [5, 5.41) is 13.1. The first-order valence-electron chi connectivity index (χ1n) is 9.67. The molecule has 3 rings (SSSR count). The van der Waals surface area contributed by atoms with Crippen LogP contribution in [0.1, 0.15) is 57.8 Å². The molecule has 0 aromatic heterocycles. The fourth-order valence-electron chi connectivity index (χ4n) is 4.59. The van der Waals surface area contributed by atoms with Gasteiger partial charge in [-0.05, 0) is 44.9 Å². The van der Waals surface area contributed by atoms with Crippen LogP contribution in [0.25, 0.3) is 0 Å². The molecule has 2 N–H and O–H groups in total. The van der Waals surface area contributed by atoms with E-state index in [2.05, 4.69) is 5.32 Å². The fourth-order valence-corrected chi connectivity index (χ4v) is 4.59. The largest absolute Gasteiger partial charge is 0.393 e. The van der Waals surface area contributed by atoms with Crippen LogP contribution in [0.3, 0.4) is 0 Å². The molecule has 136 valence electrons. The summed E-state index contributed by atoms with van der Waals surface area (Å²) in [6, 6.07) is -0.00831. The maximum Gasteiger partial charge on any atom is 0.318 e. The van der Waals surface area contributed by atoms with Crippen molar-refractivity contribution in [2.75, 3.05) is 26.2 Å². The molecular formula is C18H31N3O3. The topological polar surface area (TPSA) is 72.9 Å². The lowest BCUT2D eigenvalue weighted by molar-refractivity contribution is -0.131. The van der Waals surface area contributed by atoms with Crippen LogP contribution < -0.4 is 5.32 Å². The highest BCUT2D eigenvalue weighted by Crippen LogP contribution is 2.34. The van der Waals surface area contributed by atoms with Gasteiger partial charge in [0.25, 0.3) is 0 Å². The average Bonchev–Trinajstić information content (AvgIpc) is 3.10. The van der Waals surface area contributed by atoms with Crippen LogP contribution in [0.15, 0.2) is 0 Å². The van der Waals surface area contributed by atoms with Gasteiger partial charge in [0.05, 0.1) is 12.6 Å². The van der Waals surface area contributed by atoms with Crippen LogP contribution in [0.2, 0.25) is 0 Å². The van der Waals surface area contributed by atoms with Crippen molar-refractivity contribution in [2.45, 2.75) is 69.9 Å². The molecule has 24 heavy (non-hydrogen) atoms. The van der Waals surface area contributed by atoms with Gasteiger partial charge in [-0.3, -0.25) is 4.79 Å². The second-order valence-electron chi connectivity index (χ2n) is 7.52. The van der Waals surface area contributed by atoms with E-state index in [0.717, 1.165) is 71.0 Å². The molecule has 3 fully saturated rings. The van der Waals surface area contributed by atoms with E-state index in [1.54, 1.807) is 0 Å². The van der Waals surface area contributed by atoms with Crippen LogP contribution in [-0.2, 0) is 4.79 Å². The quantitative estimate of drug-likeness (QED) is 0.824. The normalized spacial score (nSPS) is 31.1. The van der Waals surface area contributed by atoms with E-state index in [1.165, 1.54) is 6.42 Å². The lowest BCUT2D eigenvalue weighted by Gasteiger charge is -2.37. The molecule has 0 spiro atoms. The zero-order valence-corrected chi connectivity index (χ0v) is 14.6. The van der Waals surface area contributed by atoms with E-state index in [0.29, 0.717) is 0 Å². The standard InChI is InChI=1S/C18H31N3O3/c22-16-9-3-2-7-14(16)15-8-6-12-21(15)18(24)19-13-17(23)20-10-4-1-5-11-20/h14-16,22H,1-13H2,(H,19,24)/t14-,15-,16+/m1/s1. The molecule has 6 nitrogen and oxygen atoms in total. The molecule has 0 aromatic carbocycles. The first kappa shape index (κ1) is 17.5. The second-order valence-corrected chi connectivity index (χ2v) is 7.52. The Labute approximate surface area is 144 Å². The molecule has 3 aliphatic rings. The number of likely N-dealkylation sites (tertiary alicyclic amines) is 2. The fraction of sp³-hybridized carbons (Fsp3) is 0.889. The van der Waals surface area contributed by atoms with E-state index < -0.39 is 0 Å². The maximum atomic E-state index is 12.6. The molecule has 0 aromatic rings. The molecule has 1 saturated carbocycles. The molecule has 1 aliphatic carbocycles. The number of aliphatic hydroxyl groups excluding tert-OH is 1. The first-order valence-corrected chi connectivity index (χ1v) is 9.67. The number of rotatable bonds is 3. The summed E-state index contributed by atoms with van der Waals surface area (Å²) >= 11 is 0. The van der Waals surface area contributed by atoms with E-state index >= 15 is 0 Å². The highest BCUT2D eigenvalue weighted by Gasteiger charge is 2.39. The average molecular weight is 337 g/mol. The van der Waals surface area contributed by atoms with Gasteiger partial charge in [-0.1, -0.05) is 12.8 Å². The third-order valence-electron chi connectivity index (χ3n) is 5.94. The van der Waals surface area contributed by atoms with Gasteiger partial charge >= 0.3 is 6.03 Å². The Morgan fingerprint density at radius 3 is 2.42 bits per heavy atom. The third kappa shape index (κ3) is 4.02. The number of nitrogens with zero attached hydrogens (tertiary/aromatic N) is 2. The van der Waals surface area contributed by atoms with E-state index in [-0.39, 0.29) is 36.5 Å². The Morgan fingerprint density at radius 1 is 0.917 bits per heavy atom. The summed E-state index contributed by atoms with van der Waals surface area (Å²) < 4.78 is 0. The monoisotopic (exact) mass is 337 g/mol. The summed E-state index contributed by atoms with van der Waals surface area (Å²) in [7, 11) is 0. The molecular weight excluding hydrogens is 306 g/mol. The number of hydrogen-bond donors (Lipinski definition) is 2. The third-order valence-corrected chi connectivity index (χ3v) is 5.94. The number of carbonyl (C=O) groups is 2. The Bertz CT molecular complexity index is 451. The molecule has 0 bridgehead atoms. The van der Waals surface area contributed by atoms with Crippen molar-refractivity contribution in [3.63, 3.8) is 0 Å². The number of aliphatic hydroxyl groups is 1. The van der Waals surface area contributed by atoms with Crippen LogP contribution in [0, 0.1) is 5.92 Å². The number of urea groups is 1. The Morgan fingerprint density at radius 2 is 1.67 bits per heavy atom. The van der Waals surface area contributed by atoms with Crippen LogP contribution in [0.4, 0.5) is 4.79 Å². The van der Waals surface area contributed by atoms with E-state index in [9.17, 15) is 14.7 Å². The summed E-state index contributed by atoms with van der Waals surface area (Å²) in [4.78, 5) is 28.5. The van der Waals surface area contributed by atoms with Gasteiger partial charge in [0.2, 0.25) is 5.91 Å². The van der Waals surface area contributed by atoms with Gasteiger partial charge in [-0.25, -0.2) is 4.79 Å². The SMILES string of the molecule is O=C(CNC(=O)N1CCC[C@@H]1[C@H]1CCCC[C@@H]1O)N1CCCCC1. The van der Waals surface area contributed by atoms with Gasteiger partial charge in [0.1, 0.15) is 0 Å². The molecule has 3 atom stereocenters. The zero-order valence-electron chi connectivity index (χ0n) is 14.6. The molecule has 6 heteroatoms. The highest BCUT2D eigenvalue weighted by molar-refractivity contribution is 5.84. The molecule has 0 unspecified atom stereocenters. The van der Waals surface area contributed by atoms with Crippen LogP contribution >= 0.6 is 0 Å². The van der Waals surface area contributed by atoms with E-state index in [1.807, 2.05) is 9.80 Å². The molecule has 0 radical (unpaired) electrons. The van der Waals surface area contributed by atoms with Crippen molar-refractivity contribution in [3.05, 3.63) is 0 Å². The van der Waals surface area contributed by atoms with Crippen molar-refractivity contribution in [1.82, 2.24) is 15.1 Å². The Hall–Kier alpha value is -1.30. The summed E-state index contributed by atoms with van der Waals surface area (Å²) in [6.07, 6.45) is 9.06. The predicted molar refractivity (Wildman–Crippen MR) is 91.5 cm³/mol. The van der Waals surface area contributed by atoms with Gasteiger partial charge < -0.3 is 20.2 Å². The van der Waals surface area contributed by atoms with Crippen LogP contribution in [-0.4, -0.2) is 65.2 Å². The highest BCUT2D eigenvalue weighted by atomic mass is 16.3. The number of hydrogen-bond acceptors (Lipinski definition) is 3. The van der Waals surface area contributed by atoms with Gasteiger partial charge in [0.15, 0.2) is 0 Å². The van der Waals surface area contributed by atoms with Crippen molar-refractivity contribution in [1.29, 1.82) is 0 Å². The molecule has 2 aliphatic heterocycles. The maximum absolute atomic E-state index is 12.6. The van der Waals surface area contributed by atoms with Gasteiger partial charge in [-0.2, -0.15) is 0 Å². The number of nitrogens with one attached hydrogen (secondary N) is 1. The minimum atomic E-state index is -0.285. The number of carbonyl (C=O) groups excluding carboxylic acids is 2.